The number of carbonyl (C=O) groups excluding carboxylic acids is 3. The van der Waals surface area contributed by atoms with E-state index in [0.29, 0.717) is 19.3 Å². The Morgan fingerprint density at radius 1 is 1.07 bits per heavy atom. The summed E-state index contributed by atoms with van der Waals surface area (Å²) in [5, 5.41) is 37.0. The lowest BCUT2D eigenvalue weighted by molar-refractivity contribution is -0.314. The molecule has 0 aromatic carbocycles. The first-order valence-electron chi connectivity index (χ1n) is 15.5. The largest absolute Gasteiger partial charge is 0.458 e. The van der Waals surface area contributed by atoms with Gasteiger partial charge in [-0.15, -0.1) is 0 Å². The van der Waals surface area contributed by atoms with Gasteiger partial charge in [-0.1, -0.05) is 38.0 Å². The van der Waals surface area contributed by atoms with Gasteiger partial charge in [0.25, 0.3) is 0 Å². The standard InChI is InChI=1S/C34H44FNO8/c1-19(2)20(3)15-28(38)44-26-17-25-30(5)11-10-24(43-29(39)22-7-8-27(35)36-18-22)16-23(30)9-12-33(25,41)34(42)14-13-32(40,21(4)37)31(26,34)6/h7-9,15,18-19,24-26,40-42H,10-14,16-17H2,1-6H3/b20-15+/t24-,25+,26+,30-,31+,32+,33-,34+/m0/s1. The monoisotopic (exact) mass is 613 g/mol. The zero-order chi connectivity index (χ0) is 32.5. The fraction of sp³-hybridized carbons (Fsp3) is 0.647. The third-order valence-electron chi connectivity index (χ3n) is 11.9. The number of ether oxygens (including phenoxy) is 2. The van der Waals surface area contributed by atoms with E-state index in [1.807, 2.05) is 33.8 Å². The van der Waals surface area contributed by atoms with Crippen LogP contribution in [0.15, 0.2) is 41.6 Å². The molecule has 3 N–H and O–H groups in total. The van der Waals surface area contributed by atoms with E-state index < -0.39 is 69.4 Å². The Labute approximate surface area is 257 Å². The molecule has 0 radical (unpaired) electrons. The minimum absolute atomic E-state index is 0.0489. The van der Waals surface area contributed by atoms with Crippen LogP contribution in [0, 0.1) is 28.6 Å². The number of hydrogen-bond acceptors (Lipinski definition) is 9. The molecule has 5 rings (SSSR count). The SMILES string of the molecule is CC(=O)[C@]1(O)CC[C@@]2(O)[C@]1(C)[C@H](OC(=O)/C=C(\C)C(C)C)C[C@@H]1[C@@]3(C)CC[C@H](OC(=O)c4ccc(F)nc4)CC3=CC[C@]12O. The number of halogens is 1. The summed E-state index contributed by atoms with van der Waals surface area (Å²) >= 11 is 0. The topological polar surface area (TPSA) is 143 Å². The number of Topliss-reactive ketones (excluding diaryl/α,β-unsaturated/α-hetero) is 1. The number of ketones is 1. The average molecular weight is 614 g/mol. The molecular formula is C34H44FNO8. The Morgan fingerprint density at radius 3 is 2.39 bits per heavy atom. The molecule has 3 saturated carbocycles. The molecule has 10 heteroatoms. The van der Waals surface area contributed by atoms with Crippen LogP contribution in [0.5, 0.6) is 0 Å². The third-order valence-corrected chi connectivity index (χ3v) is 11.9. The molecule has 44 heavy (non-hydrogen) atoms. The first kappa shape index (κ1) is 32.4. The van der Waals surface area contributed by atoms with Crippen molar-refractivity contribution in [2.45, 2.75) is 115 Å². The van der Waals surface area contributed by atoms with E-state index in [1.165, 1.54) is 19.1 Å². The Morgan fingerprint density at radius 2 is 1.77 bits per heavy atom. The molecule has 240 valence electrons. The van der Waals surface area contributed by atoms with Gasteiger partial charge in [0.2, 0.25) is 5.95 Å². The fourth-order valence-electron chi connectivity index (χ4n) is 8.70. The minimum Gasteiger partial charge on any atom is -0.458 e. The molecule has 0 spiro atoms. The highest BCUT2D eigenvalue weighted by atomic mass is 19.1. The van der Waals surface area contributed by atoms with Crippen LogP contribution in [0.3, 0.4) is 0 Å². The lowest BCUT2D eigenvalue weighted by Crippen LogP contribution is -2.78. The number of pyridine rings is 1. The van der Waals surface area contributed by atoms with Crippen LogP contribution in [0.1, 0.15) is 96.8 Å². The molecule has 4 aliphatic carbocycles. The fourth-order valence-corrected chi connectivity index (χ4v) is 8.70. The summed E-state index contributed by atoms with van der Waals surface area (Å²) in [6.45, 7) is 10.6. The first-order chi connectivity index (χ1) is 20.4. The van der Waals surface area contributed by atoms with Crippen molar-refractivity contribution in [3.05, 3.63) is 53.1 Å². The van der Waals surface area contributed by atoms with Crippen LogP contribution in [0.25, 0.3) is 0 Å². The van der Waals surface area contributed by atoms with Crippen LogP contribution in [-0.2, 0) is 19.1 Å². The van der Waals surface area contributed by atoms with Gasteiger partial charge >= 0.3 is 11.9 Å². The van der Waals surface area contributed by atoms with Crippen molar-refractivity contribution in [2.75, 3.05) is 0 Å². The highest BCUT2D eigenvalue weighted by Crippen LogP contribution is 2.71. The molecule has 9 nitrogen and oxygen atoms in total. The van der Waals surface area contributed by atoms with Crippen LogP contribution >= 0.6 is 0 Å². The maximum atomic E-state index is 13.2. The predicted molar refractivity (Wildman–Crippen MR) is 158 cm³/mol. The number of esters is 2. The van der Waals surface area contributed by atoms with E-state index in [0.717, 1.165) is 23.4 Å². The summed E-state index contributed by atoms with van der Waals surface area (Å²) in [7, 11) is 0. The molecule has 8 atom stereocenters. The molecule has 1 heterocycles. The van der Waals surface area contributed by atoms with Gasteiger partial charge in [-0.05, 0) is 82.8 Å². The van der Waals surface area contributed by atoms with Gasteiger partial charge in [0.15, 0.2) is 5.78 Å². The molecule has 3 fully saturated rings. The quantitative estimate of drug-likeness (QED) is 0.184. The molecule has 1 aromatic rings. The van der Waals surface area contributed by atoms with Crippen molar-refractivity contribution in [1.82, 2.24) is 4.98 Å². The number of aliphatic hydroxyl groups is 3. The number of aromatic nitrogens is 1. The van der Waals surface area contributed by atoms with Crippen LogP contribution < -0.4 is 0 Å². The lowest BCUT2D eigenvalue weighted by Gasteiger charge is -2.67. The molecule has 0 saturated heterocycles. The molecule has 0 aliphatic heterocycles. The minimum atomic E-state index is -2.02. The zero-order valence-electron chi connectivity index (χ0n) is 26.4. The second kappa shape index (κ2) is 10.8. The zero-order valence-corrected chi connectivity index (χ0v) is 26.4. The Hall–Kier alpha value is -2.95. The van der Waals surface area contributed by atoms with E-state index in [1.54, 1.807) is 6.92 Å². The summed E-state index contributed by atoms with van der Waals surface area (Å²) < 4.78 is 25.1. The second-order valence-corrected chi connectivity index (χ2v) is 14.2. The maximum Gasteiger partial charge on any atom is 0.339 e. The van der Waals surface area contributed by atoms with Gasteiger partial charge in [0, 0.05) is 24.6 Å². The number of rotatable bonds is 6. The number of allylic oxidation sites excluding steroid dienone is 1. The molecule has 0 amide bonds. The highest BCUT2D eigenvalue weighted by molar-refractivity contribution is 5.89. The van der Waals surface area contributed by atoms with E-state index in [2.05, 4.69) is 4.98 Å². The van der Waals surface area contributed by atoms with Crippen molar-refractivity contribution < 1.29 is 43.6 Å². The maximum absolute atomic E-state index is 13.2. The first-order valence-corrected chi connectivity index (χ1v) is 15.5. The molecule has 4 aliphatic rings. The van der Waals surface area contributed by atoms with Gasteiger partial charge in [-0.25, -0.2) is 14.6 Å². The summed E-state index contributed by atoms with van der Waals surface area (Å²) in [5.41, 5.74) is -6.12. The van der Waals surface area contributed by atoms with Crippen molar-refractivity contribution in [2.24, 2.45) is 22.7 Å². The van der Waals surface area contributed by atoms with Crippen LogP contribution in [0.2, 0.25) is 0 Å². The van der Waals surface area contributed by atoms with E-state index in [-0.39, 0.29) is 37.2 Å². The molecule has 0 bridgehead atoms. The van der Waals surface area contributed by atoms with E-state index in [4.69, 9.17) is 9.47 Å². The number of fused-ring (bicyclic) bond motifs is 5. The van der Waals surface area contributed by atoms with Crippen LogP contribution in [-0.4, -0.2) is 67.0 Å². The molecule has 0 unspecified atom stereocenters. The summed E-state index contributed by atoms with van der Waals surface area (Å²) in [5.74, 6) is -2.97. The normalized spacial score (nSPS) is 39.9. The summed E-state index contributed by atoms with van der Waals surface area (Å²) in [6.07, 6.45) is 4.30. The van der Waals surface area contributed by atoms with Gasteiger partial charge in [-0.2, -0.15) is 4.39 Å². The Balaban J connectivity index is 1.49. The molecular weight excluding hydrogens is 569 g/mol. The smallest absolute Gasteiger partial charge is 0.339 e. The Bertz CT molecular complexity index is 1420. The van der Waals surface area contributed by atoms with Crippen molar-refractivity contribution >= 4 is 17.7 Å². The van der Waals surface area contributed by atoms with Gasteiger partial charge in [-0.3, -0.25) is 4.79 Å². The van der Waals surface area contributed by atoms with Crippen molar-refractivity contribution in [3.8, 4) is 0 Å². The number of hydrogen-bond donors (Lipinski definition) is 3. The summed E-state index contributed by atoms with van der Waals surface area (Å²) in [4.78, 5) is 42.5. The number of nitrogens with zero attached hydrogens (tertiary/aromatic N) is 1. The van der Waals surface area contributed by atoms with Crippen molar-refractivity contribution in [1.29, 1.82) is 0 Å². The van der Waals surface area contributed by atoms with Crippen molar-refractivity contribution in [3.63, 3.8) is 0 Å². The van der Waals surface area contributed by atoms with Crippen LogP contribution in [0.4, 0.5) is 4.39 Å². The van der Waals surface area contributed by atoms with Gasteiger partial charge in [0.1, 0.15) is 29.0 Å². The predicted octanol–water partition coefficient (Wildman–Crippen LogP) is 4.38. The van der Waals surface area contributed by atoms with E-state index in [9.17, 15) is 34.1 Å². The molecule has 1 aromatic heterocycles. The number of carbonyl (C=O) groups is 3. The van der Waals surface area contributed by atoms with Gasteiger partial charge < -0.3 is 24.8 Å². The average Bonchev–Trinajstić information content (AvgIpc) is 3.19. The van der Waals surface area contributed by atoms with Gasteiger partial charge in [0.05, 0.1) is 11.0 Å². The van der Waals surface area contributed by atoms with E-state index >= 15 is 0 Å². The Kier molecular flexibility index (Phi) is 8.00. The third kappa shape index (κ3) is 4.58. The highest BCUT2D eigenvalue weighted by Gasteiger charge is 2.81. The summed E-state index contributed by atoms with van der Waals surface area (Å²) in [6, 6.07) is 2.42. The lowest BCUT2D eigenvalue weighted by atomic mass is 9.42. The second-order valence-electron chi connectivity index (χ2n) is 14.2.